The number of benzene rings is 2. The number of sulfonamides is 1. The Bertz CT molecular complexity index is 981. The van der Waals surface area contributed by atoms with Crippen molar-refractivity contribution in [2.75, 3.05) is 13.1 Å². The van der Waals surface area contributed by atoms with Gasteiger partial charge in [0, 0.05) is 19.6 Å². The van der Waals surface area contributed by atoms with Gasteiger partial charge in [-0.05, 0) is 49.6 Å². The number of hydrogen-bond acceptors (Lipinski definition) is 3. The number of carbonyl (C=O) groups excluding carboxylic acids is 1. The van der Waals surface area contributed by atoms with Crippen molar-refractivity contribution in [1.29, 1.82) is 0 Å². The molecular weight excluding hydrogens is 386 g/mol. The summed E-state index contributed by atoms with van der Waals surface area (Å²) in [6, 6.07) is 11.1. The van der Waals surface area contributed by atoms with Gasteiger partial charge in [-0.3, -0.25) is 4.79 Å². The van der Waals surface area contributed by atoms with Gasteiger partial charge in [-0.15, -0.1) is 0 Å². The highest BCUT2D eigenvalue weighted by atomic mass is 32.2. The molecule has 1 aliphatic heterocycles. The van der Waals surface area contributed by atoms with E-state index >= 15 is 0 Å². The van der Waals surface area contributed by atoms with Gasteiger partial charge in [-0.1, -0.05) is 24.3 Å². The largest absolute Gasteiger partial charge is 0.352 e. The predicted molar refractivity (Wildman–Crippen MR) is 101 cm³/mol. The number of amides is 1. The van der Waals surface area contributed by atoms with E-state index in [4.69, 9.17) is 0 Å². The summed E-state index contributed by atoms with van der Waals surface area (Å²) < 4.78 is 54.2. The van der Waals surface area contributed by atoms with E-state index in [9.17, 15) is 22.0 Å². The standard InChI is InChI=1S/C20H22F2N2O3S/c1-20(19(25)23-13-15-6-4-7-16(21)12-15)10-5-11-24(14-20)28(26,27)18-9-3-2-8-17(18)22/h2-4,6-9,12H,5,10-11,13-14H2,1H3,(H,23,25). The molecule has 0 radical (unpaired) electrons. The smallest absolute Gasteiger partial charge is 0.246 e. The van der Waals surface area contributed by atoms with Crippen molar-refractivity contribution >= 4 is 15.9 Å². The van der Waals surface area contributed by atoms with Crippen LogP contribution in [0.15, 0.2) is 53.4 Å². The Morgan fingerprint density at radius 3 is 2.64 bits per heavy atom. The molecule has 1 aliphatic rings. The van der Waals surface area contributed by atoms with Crippen LogP contribution in [0, 0.1) is 17.0 Å². The van der Waals surface area contributed by atoms with Crippen molar-refractivity contribution in [3.05, 3.63) is 65.7 Å². The van der Waals surface area contributed by atoms with E-state index in [0.29, 0.717) is 18.4 Å². The summed E-state index contributed by atoms with van der Waals surface area (Å²) in [5, 5.41) is 2.76. The molecule has 1 N–H and O–H groups in total. The first-order valence-electron chi connectivity index (χ1n) is 9.00. The molecule has 2 aromatic rings. The van der Waals surface area contributed by atoms with Crippen molar-refractivity contribution in [3.8, 4) is 0 Å². The third-order valence-electron chi connectivity index (χ3n) is 5.01. The molecule has 1 fully saturated rings. The Labute approximate surface area is 163 Å². The normalized spacial score (nSPS) is 20.7. The molecule has 8 heteroatoms. The molecular formula is C20H22F2N2O3S. The van der Waals surface area contributed by atoms with Crippen molar-refractivity contribution in [3.63, 3.8) is 0 Å². The summed E-state index contributed by atoms with van der Waals surface area (Å²) in [6.45, 7) is 2.02. The van der Waals surface area contributed by atoms with Crippen LogP contribution in [-0.4, -0.2) is 31.7 Å². The Balaban J connectivity index is 1.74. The monoisotopic (exact) mass is 408 g/mol. The van der Waals surface area contributed by atoms with Gasteiger partial charge in [0.2, 0.25) is 15.9 Å². The summed E-state index contributed by atoms with van der Waals surface area (Å²) in [6.07, 6.45) is 0.989. The zero-order chi connectivity index (χ0) is 20.4. The lowest BCUT2D eigenvalue weighted by Gasteiger charge is -2.38. The molecule has 0 aromatic heterocycles. The van der Waals surface area contributed by atoms with Crippen LogP contribution in [0.4, 0.5) is 8.78 Å². The van der Waals surface area contributed by atoms with Gasteiger partial charge in [0.15, 0.2) is 0 Å². The van der Waals surface area contributed by atoms with Gasteiger partial charge in [0.25, 0.3) is 0 Å². The molecule has 3 rings (SSSR count). The van der Waals surface area contributed by atoms with Crippen LogP contribution < -0.4 is 5.32 Å². The Kier molecular flexibility index (Phi) is 5.81. The van der Waals surface area contributed by atoms with E-state index in [1.807, 2.05) is 0 Å². The molecule has 0 spiro atoms. The van der Waals surface area contributed by atoms with Crippen molar-refractivity contribution < 1.29 is 22.0 Å². The van der Waals surface area contributed by atoms with E-state index in [1.54, 1.807) is 19.1 Å². The summed E-state index contributed by atoms with van der Waals surface area (Å²) >= 11 is 0. The molecule has 1 unspecified atom stereocenters. The fraction of sp³-hybridized carbons (Fsp3) is 0.350. The number of nitrogens with zero attached hydrogens (tertiary/aromatic N) is 1. The van der Waals surface area contributed by atoms with Crippen LogP contribution in [0.5, 0.6) is 0 Å². The molecule has 150 valence electrons. The van der Waals surface area contributed by atoms with Crippen LogP contribution in [0.3, 0.4) is 0 Å². The van der Waals surface area contributed by atoms with Crippen LogP contribution in [0.2, 0.25) is 0 Å². The maximum atomic E-state index is 14.0. The van der Waals surface area contributed by atoms with Gasteiger partial charge < -0.3 is 5.32 Å². The Hall–Kier alpha value is -2.32. The lowest BCUT2D eigenvalue weighted by Crippen LogP contribution is -2.51. The highest BCUT2D eigenvalue weighted by molar-refractivity contribution is 7.89. The topological polar surface area (TPSA) is 66.5 Å². The molecule has 5 nitrogen and oxygen atoms in total. The zero-order valence-corrected chi connectivity index (χ0v) is 16.3. The molecule has 2 aromatic carbocycles. The summed E-state index contributed by atoms with van der Waals surface area (Å²) in [4.78, 5) is 12.4. The van der Waals surface area contributed by atoms with Crippen molar-refractivity contribution in [2.45, 2.75) is 31.2 Å². The van der Waals surface area contributed by atoms with Crippen molar-refractivity contribution in [2.24, 2.45) is 5.41 Å². The number of piperidine rings is 1. The van der Waals surface area contributed by atoms with Gasteiger partial charge in [0.1, 0.15) is 16.5 Å². The molecule has 28 heavy (non-hydrogen) atoms. The average molecular weight is 408 g/mol. The average Bonchev–Trinajstić information content (AvgIpc) is 2.66. The van der Waals surface area contributed by atoms with E-state index in [0.717, 1.165) is 10.4 Å². The first kappa shape index (κ1) is 20.4. The third kappa shape index (κ3) is 4.23. The minimum absolute atomic E-state index is 0.0430. The highest BCUT2D eigenvalue weighted by Crippen LogP contribution is 2.33. The fourth-order valence-electron chi connectivity index (χ4n) is 3.42. The Morgan fingerprint density at radius 1 is 1.18 bits per heavy atom. The first-order chi connectivity index (χ1) is 13.2. The maximum Gasteiger partial charge on any atom is 0.246 e. The van der Waals surface area contributed by atoms with Gasteiger partial charge in [-0.2, -0.15) is 4.31 Å². The molecule has 0 bridgehead atoms. The third-order valence-corrected chi connectivity index (χ3v) is 6.88. The second-order valence-corrected chi connectivity index (χ2v) is 9.15. The number of carbonyl (C=O) groups is 1. The number of hydrogen-bond donors (Lipinski definition) is 1. The van der Waals surface area contributed by atoms with Crippen LogP contribution in [0.1, 0.15) is 25.3 Å². The Morgan fingerprint density at radius 2 is 1.93 bits per heavy atom. The predicted octanol–water partition coefficient (Wildman–Crippen LogP) is 3.07. The summed E-state index contributed by atoms with van der Waals surface area (Å²) in [5.41, 5.74) is -0.340. The second kappa shape index (κ2) is 7.97. The number of nitrogens with one attached hydrogen (secondary N) is 1. The fourth-order valence-corrected chi connectivity index (χ4v) is 5.09. The molecule has 0 saturated carbocycles. The first-order valence-corrected chi connectivity index (χ1v) is 10.4. The lowest BCUT2D eigenvalue weighted by atomic mass is 9.82. The highest BCUT2D eigenvalue weighted by Gasteiger charge is 2.42. The minimum atomic E-state index is -4.04. The molecule has 1 amide bonds. The molecule has 1 saturated heterocycles. The van der Waals surface area contributed by atoms with Crippen LogP contribution in [0.25, 0.3) is 0 Å². The minimum Gasteiger partial charge on any atom is -0.352 e. The van der Waals surface area contributed by atoms with Gasteiger partial charge in [0.05, 0.1) is 5.41 Å². The van der Waals surface area contributed by atoms with Crippen LogP contribution in [-0.2, 0) is 21.4 Å². The molecule has 1 heterocycles. The maximum absolute atomic E-state index is 14.0. The number of rotatable bonds is 5. The van der Waals surface area contributed by atoms with E-state index in [2.05, 4.69) is 5.32 Å². The van der Waals surface area contributed by atoms with Gasteiger partial charge in [-0.25, -0.2) is 17.2 Å². The quantitative estimate of drug-likeness (QED) is 0.827. The molecule has 1 atom stereocenters. The van der Waals surface area contributed by atoms with Gasteiger partial charge >= 0.3 is 0 Å². The van der Waals surface area contributed by atoms with E-state index in [-0.39, 0.29) is 30.4 Å². The van der Waals surface area contributed by atoms with E-state index < -0.39 is 27.1 Å². The zero-order valence-electron chi connectivity index (χ0n) is 15.5. The molecule has 0 aliphatic carbocycles. The lowest BCUT2D eigenvalue weighted by molar-refractivity contribution is -0.132. The summed E-state index contributed by atoms with van der Waals surface area (Å²) in [7, 11) is -4.04. The SMILES string of the molecule is CC1(C(=O)NCc2cccc(F)c2)CCCN(S(=O)(=O)c2ccccc2F)C1. The van der Waals surface area contributed by atoms with E-state index in [1.165, 1.54) is 30.3 Å². The number of halogens is 2. The summed E-state index contributed by atoms with van der Waals surface area (Å²) in [5.74, 6) is -1.52. The van der Waals surface area contributed by atoms with Crippen LogP contribution >= 0.6 is 0 Å². The second-order valence-electron chi connectivity index (χ2n) is 7.25. The van der Waals surface area contributed by atoms with Crippen molar-refractivity contribution in [1.82, 2.24) is 9.62 Å².